The Morgan fingerprint density at radius 1 is 0.778 bits per heavy atom. The van der Waals surface area contributed by atoms with Gasteiger partial charge in [0, 0.05) is 24.8 Å². The van der Waals surface area contributed by atoms with E-state index in [1.807, 2.05) is 12.1 Å². The summed E-state index contributed by atoms with van der Waals surface area (Å²) < 4.78 is 0. The molecule has 1 rings (SSSR count). The summed E-state index contributed by atoms with van der Waals surface area (Å²) in [7, 11) is 0. The zero-order valence-corrected chi connectivity index (χ0v) is 18.1. The first-order valence-electron chi connectivity index (χ1n) is 11.1. The summed E-state index contributed by atoms with van der Waals surface area (Å²) in [4.78, 5) is 24.3. The lowest BCUT2D eigenvalue weighted by atomic mass is 9.97. The van der Waals surface area contributed by atoms with Gasteiger partial charge in [0.2, 0.25) is 0 Å². The van der Waals surface area contributed by atoms with Gasteiger partial charge < -0.3 is 0 Å². The minimum absolute atomic E-state index is 0.0918. The summed E-state index contributed by atoms with van der Waals surface area (Å²) in [5.41, 5.74) is 2.04. The van der Waals surface area contributed by atoms with Crippen molar-refractivity contribution in [3.63, 3.8) is 0 Å². The number of rotatable bonds is 15. The van der Waals surface area contributed by atoms with Gasteiger partial charge in [0.15, 0.2) is 5.78 Å². The van der Waals surface area contributed by atoms with E-state index in [2.05, 4.69) is 39.8 Å². The van der Waals surface area contributed by atoms with Crippen LogP contribution in [0.4, 0.5) is 0 Å². The second-order valence-corrected chi connectivity index (χ2v) is 8.32. The molecule has 0 N–H and O–H groups in total. The molecule has 0 unspecified atom stereocenters. The fourth-order valence-electron chi connectivity index (χ4n) is 3.26. The van der Waals surface area contributed by atoms with Crippen LogP contribution in [0.25, 0.3) is 0 Å². The van der Waals surface area contributed by atoms with E-state index in [1.54, 1.807) is 0 Å². The van der Waals surface area contributed by atoms with Crippen LogP contribution in [-0.2, 0) is 11.2 Å². The molecular formula is C25H40O2. The van der Waals surface area contributed by atoms with E-state index in [0.29, 0.717) is 19.3 Å². The molecule has 0 saturated heterocycles. The maximum Gasteiger partial charge on any atom is 0.163 e. The van der Waals surface area contributed by atoms with Crippen LogP contribution in [0.15, 0.2) is 24.3 Å². The predicted molar refractivity (Wildman–Crippen MR) is 115 cm³/mol. The maximum absolute atomic E-state index is 12.3. The zero-order valence-electron chi connectivity index (χ0n) is 18.1. The summed E-state index contributed by atoms with van der Waals surface area (Å²) in [6.07, 6.45) is 10.6. The van der Waals surface area contributed by atoms with Crippen LogP contribution >= 0.6 is 0 Å². The van der Waals surface area contributed by atoms with Crippen molar-refractivity contribution in [2.45, 2.75) is 98.3 Å². The molecule has 2 nitrogen and oxygen atoms in total. The lowest BCUT2D eigenvalue weighted by Gasteiger charge is -2.08. The van der Waals surface area contributed by atoms with Gasteiger partial charge in [-0.25, -0.2) is 0 Å². The quantitative estimate of drug-likeness (QED) is 0.241. The van der Waals surface area contributed by atoms with Gasteiger partial charge in [-0.3, -0.25) is 9.59 Å². The van der Waals surface area contributed by atoms with Gasteiger partial charge in [-0.05, 0) is 36.7 Å². The van der Waals surface area contributed by atoms with E-state index in [0.717, 1.165) is 36.7 Å². The van der Waals surface area contributed by atoms with Crippen LogP contribution < -0.4 is 0 Å². The largest absolute Gasteiger partial charge is 0.300 e. The first-order valence-corrected chi connectivity index (χ1v) is 11.1. The normalized spacial score (nSPS) is 13.3. The van der Waals surface area contributed by atoms with Crippen LogP contribution in [-0.4, -0.2) is 11.6 Å². The number of carbonyl (C=O) groups excluding carboxylic acids is 2. The fourth-order valence-corrected chi connectivity index (χ4v) is 3.26. The van der Waals surface area contributed by atoms with Crippen LogP contribution in [0.1, 0.15) is 108 Å². The summed E-state index contributed by atoms with van der Waals surface area (Å²) in [5, 5.41) is 0. The molecule has 0 aromatic heterocycles. The Balaban J connectivity index is 2.26. The molecule has 2 atom stereocenters. The van der Waals surface area contributed by atoms with Crippen molar-refractivity contribution in [2.24, 2.45) is 11.8 Å². The third kappa shape index (κ3) is 10.5. The van der Waals surface area contributed by atoms with E-state index >= 15 is 0 Å². The number of hydrogen-bond donors (Lipinski definition) is 0. The summed E-state index contributed by atoms with van der Waals surface area (Å²) in [6, 6.07) is 8.00. The third-order valence-electron chi connectivity index (χ3n) is 5.87. The topological polar surface area (TPSA) is 34.1 Å². The predicted octanol–water partition coefficient (Wildman–Crippen LogP) is 7.19. The van der Waals surface area contributed by atoms with Gasteiger partial charge >= 0.3 is 0 Å². The highest BCUT2D eigenvalue weighted by Crippen LogP contribution is 2.16. The van der Waals surface area contributed by atoms with Gasteiger partial charge in [0.05, 0.1) is 0 Å². The molecule has 0 radical (unpaired) electrons. The Morgan fingerprint density at radius 3 is 1.96 bits per heavy atom. The molecule has 27 heavy (non-hydrogen) atoms. The molecule has 0 fully saturated rings. The average Bonchev–Trinajstić information content (AvgIpc) is 2.69. The number of benzene rings is 1. The monoisotopic (exact) mass is 372 g/mol. The van der Waals surface area contributed by atoms with Crippen molar-refractivity contribution in [1.29, 1.82) is 0 Å². The summed E-state index contributed by atoms with van der Waals surface area (Å²) >= 11 is 0. The van der Waals surface area contributed by atoms with Gasteiger partial charge in [-0.2, -0.15) is 0 Å². The molecule has 0 amide bonds. The molecule has 0 saturated carbocycles. The minimum Gasteiger partial charge on any atom is -0.300 e. The van der Waals surface area contributed by atoms with Crippen molar-refractivity contribution >= 4 is 11.6 Å². The number of carbonyl (C=O) groups is 2. The molecule has 0 aliphatic heterocycles. The van der Waals surface area contributed by atoms with Gasteiger partial charge in [-0.1, -0.05) is 84.1 Å². The first-order chi connectivity index (χ1) is 13.0. The second kappa shape index (κ2) is 13.7. The van der Waals surface area contributed by atoms with Gasteiger partial charge in [0.1, 0.15) is 5.78 Å². The second-order valence-electron chi connectivity index (χ2n) is 8.32. The van der Waals surface area contributed by atoms with E-state index in [1.165, 1.54) is 37.7 Å². The SMILES string of the molecule is CC[C@H](C)CCCCC(=O)CCC(=O)c1ccc(CCC[C@@H](C)CC)cc1. The van der Waals surface area contributed by atoms with Gasteiger partial charge in [-0.15, -0.1) is 0 Å². The minimum atomic E-state index is 0.0918. The molecule has 0 aliphatic rings. The van der Waals surface area contributed by atoms with Crippen molar-refractivity contribution < 1.29 is 9.59 Å². The van der Waals surface area contributed by atoms with E-state index in [4.69, 9.17) is 0 Å². The summed E-state index contributed by atoms with van der Waals surface area (Å²) in [6.45, 7) is 9.01. The van der Waals surface area contributed by atoms with Crippen molar-refractivity contribution in [3.05, 3.63) is 35.4 Å². The molecule has 0 bridgehead atoms. The highest BCUT2D eigenvalue weighted by Gasteiger charge is 2.10. The zero-order chi connectivity index (χ0) is 20.1. The molecule has 152 valence electrons. The number of unbranched alkanes of at least 4 members (excludes halogenated alkanes) is 1. The van der Waals surface area contributed by atoms with Crippen LogP contribution in [0.5, 0.6) is 0 Å². The summed E-state index contributed by atoms with van der Waals surface area (Å²) in [5.74, 6) is 1.86. The molecule has 0 spiro atoms. The maximum atomic E-state index is 12.3. The van der Waals surface area contributed by atoms with E-state index in [-0.39, 0.29) is 11.6 Å². The van der Waals surface area contributed by atoms with Gasteiger partial charge in [0.25, 0.3) is 0 Å². The highest BCUT2D eigenvalue weighted by molar-refractivity contribution is 5.98. The third-order valence-corrected chi connectivity index (χ3v) is 5.87. The van der Waals surface area contributed by atoms with Crippen LogP contribution in [0.3, 0.4) is 0 Å². The Hall–Kier alpha value is -1.44. The molecule has 0 heterocycles. The molecule has 0 aliphatic carbocycles. The molecule has 2 heteroatoms. The lowest BCUT2D eigenvalue weighted by molar-refractivity contribution is -0.119. The lowest BCUT2D eigenvalue weighted by Crippen LogP contribution is -2.05. The first kappa shape index (κ1) is 23.6. The Labute approximate surface area is 167 Å². The standard InChI is InChI=1S/C25H40O2/c1-5-20(3)10-7-8-13-24(26)18-19-25(27)23-16-14-22(15-17-23)12-9-11-21(4)6-2/h14-17,20-21H,5-13,18-19H2,1-4H3/t20-,21-/m0/s1. The number of hydrogen-bond acceptors (Lipinski definition) is 2. The molecular weight excluding hydrogens is 332 g/mol. The van der Waals surface area contributed by atoms with Crippen LogP contribution in [0.2, 0.25) is 0 Å². The van der Waals surface area contributed by atoms with Crippen LogP contribution in [0, 0.1) is 11.8 Å². The Kier molecular flexibility index (Phi) is 12.0. The average molecular weight is 373 g/mol. The Bertz CT molecular complexity index is 544. The molecule has 1 aromatic rings. The Morgan fingerprint density at radius 2 is 1.37 bits per heavy atom. The van der Waals surface area contributed by atoms with Crippen molar-refractivity contribution in [1.82, 2.24) is 0 Å². The fraction of sp³-hybridized carbons (Fsp3) is 0.680. The smallest absolute Gasteiger partial charge is 0.163 e. The number of ketones is 2. The van der Waals surface area contributed by atoms with Crippen molar-refractivity contribution in [3.8, 4) is 0 Å². The van der Waals surface area contributed by atoms with Crippen molar-refractivity contribution in [2.75, 3.05) is 0 Å². The van der Waals surface area contributed by atoms with E-state index < -0.39 is 0 Å². The number of aryl methyl sites for hydroxylation is 1. The molecule has 1 aromatic carbocycles. The van der Waals surface area contributed by atoms with E-state index in [9.17, 15) is 9.59 Å². The highest BCUT2D eigenvalue weighted by atomic mass is 16.1. The number of Topliss-reactive ketones (excluding diaryl/α,β-unsaturated/α-hetero) is 2.